The smallest absolute Gasteiger partial charge is 0.248 e. The number of carbonyl (C=O) groups excluding carboxylic acids is 1. The van der Waals surface area contributed by atoms with E-state index in [0.717, 1.165) is 36.4 Å². The van der Waals surface area contributed by atoms with Crippen LogP contribution in [0.3, 0.4) is 0 Å². The van der Waals surface area contributed by atoms with E-state index in [1.807, 2.05) is 30.3 Å². The SMILES string of the molecule is NCCCOc1ccc(N2N=C3c4ccccc4CCC3CC2=O)cc1. The third-order valence-corrected chi connectivity index (χ3v) is 5.01. The van der Waals surface area contributed by atoms with Crippen LogP contribution >= 0.6 is 0 Å². The second kappa shape index (κ2) is 7.30. The predicted molar refractivity (Wildman–Crippen MR) is 103 cm³/mol. The zero-order valence-electron chi connectivity index (χ0n) is 14.7. The topological polar surface area (TPSA) is 67.9 Å². The lowest BCUT2D eigenvalue weighted by Gasteiger charge is -2.33. The fourth-order valence-corrected chi connectivity index (χ4v) is 3.63. The van der Waals surface area contributed by atoms with Gasteiger partial charge in [0.05, 0.1) is 18.0 Å². The maximum absolute atomic E-state index is 12.6. The molecule has 134 valence electrons. The van der Waals surface area contributed by atoms with Gasteiger partial charge in [-0.3, -0.25) is 4.79 Å². The molecule has 2 N–H and O–H groups in total. The number of hydrogen-bond acceptors (Lipinski definition) is 4. The van der Waals surface area contributed by atoms with E-state index in [4.69, 9.17) is 15.6 Å². The number of ether oxygens (including phenoxy) is 1. The molecule has 0 aromatic heterocycles. The summed E-state index contributed by atoms with van der Waals surface area (Å²) in [5.41, 5.74) is 9.79. The van der Waals surface area contributed by atoms with Crippen molar-refractivity contribution in [3.8, 4) is 5.75 Å². The van der Waals surface area contributed by atoms with Crippen molar-refractivity contribution in [2.75, 3.05) is 18.2 Å². The zero-order chi connectivity index (χ0) is 17.9. The Kier molecular flexibility index (Phi) is 4.71. The molecular weight excluding hydrogens is 326 g/mol. The molecule has 1 unspecified atom stereocenters. The maximum Gasteiger partial charge on any atom is 0.248 e. The van der Waals surface area contributed by atoms with Crippen LogP contribution in [0.2, 0.25) is 0 Å². The quantitative estimate of drug-likeness (QED) is 0.843. The summed E-state index contributed by atoms with van der Waals surface area (Å²) >= 11 is 0. The Labute approximate surface area is 153 Å². The second-order valence-electron chi connectivity index (χ2n) is 6.77. The largest absolute Gasteiger partial charge is 0.494 e. The number of carbonyl (C=O) groups is 1. The number of hydrogen-bond donors (Lipinski definition) is 1. The summed E-state index contributed by atoms with van der Waals surface area (Å²) in [6.07, 6.45) is 3.34. The first-order chi connectivity index (χ1) is 12.8. The average Bonchev–Trinajstić information content (AvgIpc) is 2.68. The molecule has 2 aromatic rings. The van der Waals surface area contributed by atoms with Gasteiger partial charge in [0.15, 0.2) is 0 Å². The van der Waals surface area contributed by atoms with Crippen LogP contribution in [0.25, 0.3) is 0 Å². The molecule has 1 atom stereocenters. The monoisotopic (exact) mass is 349 g/mol. The van der Waals surface area contributed by atoms with Crippen molar-refractivity contribution >= 4 is 17.3 Å². The fraction of sp³-hybridized carbons (Fsp3) is 0.333. The fourth-order valence-electron chi connectivity index (χ4n) is 3.63. The number of amides is 1. The van der Waals surface area contributed by atoms with Crippen LogP contribution in [0.5, 0.6) is 5.75 Å². The van der Waals surface area contributed by atoms with Crippen molar-refractivity contribution in [3.63, 3.8) is 0 Å². The summed E-state index contributed by atoms with van der Waals surface area (Å²) in [5.74, 6) is 1.06. The molecule has 2 aromatic carbocycles. The lowest BCUT2D eigenvalue weighted by atomic mass is 9.79. The highest BCUT2D eigenvalue weighted by molar-refractivity contribution is 6.11. The van der Waals surface area contributed by atoms with Crippen molar-refractivity contribution in [2.45, 2.75) is 25.7 Å². The number of hydrazone groups is 1. The van der Waals surface area contributed by atoms with Gasteiger partial charge in [-0.2, -0.15) is 5.10 Å². The number of rotatable bonds is 5. The average molecular weight is 349 g/mol. The normalized spacial score (nSPS) is 18.8. The Morgan fingerprint density at radius 1 is 1.15 bits per heavy atom. The number of nitrogens with two attached hydrogens (primary N) is 1. The third-order valence-electron chi connectivity index (χ3n) is 5.01. The zero-order valence-corrected chi connectivity index (χ0v) is 14.7. The molecule has 5 nitrogen and oxygen atoms in total. The van der Waals surface area contributed by atoms with E-state index in [1.165, 1.54) is 16.1 Å². The number of aryl methyl sites for hydroxylation is 1. The van der Waals surface area contributed by atoms with Crippen LogP contribution in [0.15, 0.2) is 53.6 Å². The lowest BCUT2D eigenvalue weighted by molar-refractivity contribution is -0.119. The van der Waals surface area contributed by atoms with Gasteiger partial charge < -0.3 is 10.5 Å². The van der Waals surface area contributed by atoms with Gasteiger partial charge >= 0.3 is 0 Å². The van der Waals surface area contributed by atoms with E-state index in [1.54, 1.807) is 0 Å². The number of anilines is 1. The number of benzene rings is 2. The summed E-state index contributed by atoms with van der Waals surface area (Å²) in [7, 11) is 0. The Hall–Kier alpha value is -2.66. The van der Waals surface area contributed by atoms with Crippen LogP contribution in [0.4, 0.5) is 5.69 Å². The highest BCUT2D eigenvalue weighted by Crippen LogP contribution is 2.33. The minimum absolute atomic E-state index is 0.0509. The molecule has 0 spiro atoms. The molecule has 0 bridgehead atoms. The molecule has 0 saturated heterocycles. The van der Waals surface area contributed by atoms with Gasteiger partial charge in [-0.05, 0) is 55.6 Å². The molecule has 0 fully saturated rings. The summed E-state index contributed by atoms with van der Waals surface area (Å²) in [6.45, 7) is 1.21. The van der Waals surface area contributed by atoms with Crippen LogP contribution in [-0.2, 0) is 11.2 Å². The maximum atomic E-state index is 12.6. The lowest BCUT2D eigenvalue weighted by Crippen LogP contribution is -2.39. The van der Waals surface area contributed by atoms with Gasteiger partial charge in [-0.15, -0.1) is 0 Å². The van der Waals surface area contributed by atoms with E-state index in [2.05, 4.69) is 18.2 Å². The molecule has 1 aliphatic heterocycles. The number of fused-ring (bicyclic) bond motifs is 3. The molecule has 1 amide bonds. The van der Waals surface area contributed by atoms with Crippen LogP contribution < -0.4 is 15.5 Å². The van der Waals surface area contributed by atoms with E-state index in [0.29, 0.717) is 19.6 Å². The van der Waals surface area contributed by atoms with E-state index in [9.17, 15) is 4.79 Å². The molecule has 0 radical (unpaired) electrons. The van der Waals surface area contributed by atoms with Gasteiger partial charge in [0.25, 0.3) is 0 Å². The third kappa shape index (κ3) is 3.22. The van der Waals surface area contributed by atoms with Crippen LogP contribution in [-0.4, -0.2) is 24.8 Å². The van der Waals surface area contributed by atoms with Crippen molar-refractivity contribution in [1.82, 2.24) is 0 Å². The predicted octanol–water partition coefficient (Wildman–Crippen LogP) is 3.12. The molecule has 1 aliphatic carbocycles. The van der Waals surface area contributed by atoms with Gasteiger partial charge in [0.1, 0.15) is 5.75 Å². The summed E-state index contributed by atoms with van der Waals surface area (Å²) in [4.78, 5) is 12.6. The van der Waals surface area contributed by atoms with Crippen LogP contribution in [0.1, 0.15) is 30.4 Å². The van der Waals surface area contributed by atoms with Gasteiger partial charge in [0.2, 0.25) is 5.91 Å². The van der Waals surface area contributed by atoms with Gasteiger partial charge in [-0.25, -0.2) is 5.01 Å². The Balaban J connectivity index is 1.60. The van der Waals surface area contributed by atoms with Crippen LogP contribution in [0, 0.1) is 5.92 Å². The summed E-state index contributed by atoms with van der Waals surface area (Å²) in [5, 5.41) is 6.28. The first-order valence-corrected chi connectivity index (χ1v) is 9.19. The van der Waals surface area contributed by atoms with E-state index < -0.39 is 0 Å². The van der Waals surface area contributed by atoms with Gasteiger partial charge in [-0.1, -0.05) is 24.3 Å². The summed E-state index contributed by atoms with van der Waals surface area (Å²) < 4.78 is 5.63. The highest BCUT2D eigenvalue weighted by Gasteiger charge is 2.34. The minimum Gasteiger partial charge on any atom is -0.494 e. The standard InChI is InChI=1S/C21H23N3O2/c22-12-3-13-26-18-10-8-17(9-11-18)24-20(25)14-16-7-6-15-4-1-2-5-19(15)21(16)23-24/h1-2,4-5,8-11,16H,3,6-7,12-14,22H2. The Morgan fingerprint density at radius 2 is 1.96 bits per heavy atom. The molecule has 5 heteroatoms. The molecule has 2 aliphatic rings. The number of nitrogens with zero attached hydrogens (tertiary/aromatic N) is 2. The first kappa shape index (κ1) is 16.8. The summed E-state index contributed by atoms with van der Waals surface area (Å²) in [6, 6.07) is 15.9. The Bertz CT molecular complexity index is 829. The molecule has 4 rings (SSSR count). The first-order valence-electron chi connectivity index (χ1n) is 9.19. The molecule has 1 heterocycles. The Morgan fingerprint density at radius 3 is 2.77 bits per heavy atom. The molecule has 26 heavy (non-hydrogen) atoms. The highest BCUT2D eigenvalue weighted by atomic mass is 16.5. The van der Waals surface area contributed by atoms with Gasteiger partial charge in [0, 0.05) is 17.9 Å². The van der Waals surface area contributed by atoms with Crippen molar-refractivity contribution in [2.24, 2.45) is 16.8 Å². The molecular formula is C21H23N3O2. The van der Waals surface area contributed by atoms with Crippen molar-refractivity contribution < 1.29 is 9.53 Å². The minimum atomic E-state index is 0.0509. The molecule has 0 saturated carbocycles. The second-order valence-corrected chi connectivity index (χ2v) is 6.77. The van der Waals surface area contributed by atoms with E-state index >= 15 is 0 Å². The van der Waals surface area contributed by atoms with Crippen molar-refractivity contribution in [3.05, 3.63) is 59.7 Å². The van der Waals surface area contributed by atoms with E-state index in [-0.39, 0.29) is 11.8 Å². The van der Waals surface area contributed by atoms with Crippen molar-refractivity contribution in [1.29, 1.82) is 0 Å².